The number of hydrogen-bond donors (Lipinski definition) is 1. The van der Waals surface area contributed by atoms with Crippen molar-refractivity contribution in [3.8, 4) is 5.75 Å². The molecule has 1 atom stereocenters. The van der Waals surface area contributed by atoms with Crippen LogP contribution in [0.4, 0.5) is 14.5 Å². The zero-order valence-corrected chi connectivity index (χ0v) is 13.4. The van der Waals surface area contributed by atoms with Crippen molar-refractivity contribution in [2.75, 3.05) is 5.32 Å². The van der Waals surface area contributed by atoms with Crippen LogP contribution in [0.3, 0.4) is 0 Å². The van der Waals surface area contributed by atoms with Crippen LogP contribution in [0.15, 0.2) is 39.4 Å². The number of ether oxygens (including phenoxy) is 1. The Morgan fingerprint density at radius 3 is 2.81 bits per heavy atom. The molecule has 1 aromatic carbocycles. The van der Waals surface area contributed by atoms with E-state index in [0.29, 0.717) is 21.6 Å². The van der Waals surface area contributed by atoms with E-state index < -0.39 is 6.61 Å². The Labute approximate surface area is 134 Å². The SMILES string of the molecule is CC(Cc1ccco1)Nc1cc(Cl)cc(Br)c1OC(F)F. The summed E-state index contributed by atoms with van der Waals surface area (Å²) in [5, 5.41) is 3.52. The molecule has 1 heterocycles. The number of nitrogens with one attached hydrogen (secondary N) is 1. The Balaban J connectivity index is 2.17. The van der Waals surface area contributed by atoms with Crippen molar-refractivity contribution in [2.45, 2.75) is 26.0 Å². The summed E-state index contributed by atoms with van der Waals surface area (Å²) in [5.74, 6) is 0.827. The Bertz CT molecular complexity index is 593. The van der Waals surface area contributed by atoms with Gasteiger partial charge in [-0.25, -0.2) is 0 Å². The fourth-order valence-corrected chi connectivity index (χ4v) is 2.83. The van der Waals surface area contributed by atoms with Gasteiger partial charge in [0.2, 0.25) is 0 Å². The molecule has 0 saturated heterocycles. The van der Waals surface area contributed by atoms with Crippen LogP contribution in [-0.2, 0) is 6.42 Å². The summed E-state index contributed by atoms with van der Waals surface area (Å²) >= 11 is 9.13. The Morgan fingerprint density at radius 2 is 2.19 bits per heavy atom. The lowest BCUT2D eigenvalue weighted by atomic mass is 10.2. The summed E-state index contributed by atoms with van der Waals surface area (Å²) in [6, 6.07) is 6.64. The fourth-order valence-electron chi connectivity index (χ4n) is 1.92. The molecule has 0 saturated carbocycles. The van der Waals surface area contributed by atoms with Crippen molar-refractivity contribution < 1.29 is 17.9 Å². The Kier molecular flexibility index (Phi) is 5.47. The average molecular weight is 381 g/mol. The molecule has 0 bridgehead atoms. The molecule has 2 rings (SSSR count). The predicted molar refractivity (Wildman–Crippen MR) is 81.3 cm³/mol. The second-order valence-electron chi connectivity index (χ2n) is 4.47. The molecule has 21 heavy (non-hydrogen) atoms. The van der Waals surface area contributed by atoms with Crippen LogP contribution in [0.2, 0.25) is 5.02 Å². The molecule has 3 nitrogen and oxygen atoms in total. The Morgan fingerprint density at radius 1 is 1.43 bits per heavy atom. The molecular weight excluding hydrogens is 368 g/mol. The van der Waals surface area contributed by atoms with Crippen LogP contribution in [-0.4, -0.2) is 12.7 Å². The molecule has 0 amide bonds. The minimum Gasteiger partial charge on any atom is -0.469 e. The number of furan rings is 1. The van der Waals surface area contributed by atoms with E-state index in [0.717, 1.165) is 5.76 Å². The smallest absolute Gasteiger partial charge is 0.387 e. The number of alkyl halides is 2. The van der Waals surface area contributed by atoms with Crippen LogP contribution in [0.1, 0.15) is 12.7 Å². The molecule has 7 heteroatoms. The highest BCUT2D eigenvalue weighted by Gasteiger charge is 2.17. The Hall–Kier alpha value is -1.27. The first-order valence-electron chi connectivity index (χ1n) is 6.18. The van der Waals surface area contributed by atoms with Gasteiger partial charge in [-0.15, -0.1) is 0 Å². The molecule has 0 radical (unpaired) electrons. The third-order valence-electron chi connectivity index (χ3n) is 2.70. The maximum absolute atomic E-state index is 12.5. The number of hydrogen-bond acceptors (Lipinski definition) is 3. The van der Waals surface area contributed by atoms with Crippen molar-refractivity contribution >= 4 is 33.2 Å². The first-order valence-corrected chi connectivity index (χ1v) is 7.35. The van der Waals surface area contributed by atoms with E-state index >= 15 is 0 Å². The van der Waals surface area contributed by atoms with Crippen LogP contribution in [0.5, 0.6) is 5.75 Å². The average Bonchev–Trinajstić information content (AvgIpc) is 2.85. The van der Waals surface area contributed by atoms with Gasteiger partial charge in [-0.2, -0.15) is 8.78 Å². The lowest BCUT2D eigenvalue weighted by Gasteiger charge is -2.19. The first-order chi connectivity index (χ1) is 9.95. The number of halogens is 4. The fraction of sp³-hybridized carbons (Fsp3) is 0.286. The second kappa shape index (κ2) is 7.13. The second-order valence-corrected chi connectivity index (χ2v) is 5.76. The molecular formula is C14H13BrClF2NO2. The molecule has 1 unspecified atom stereocenters. The van der Waals surface area contributed by atoms with Gasteiger partial charge in [0, 0.05) is 17.5 Å². The van der Waals surface area contributed by atoms with Crippen molar-refractivity contribution in [3.63, 3.8) is 0 Å². The highest BCUT2D eigenvalue weighted by atomic mass is 79.9. The van der Waals surface area contributed by atoms with Gasteiger partial charge >= 0.3 is 6.61 Å². The topological polar surface area (TPSA) is 34.4 Å². The number of benzene rings is 1. The van der Waals surface area contributed by atoms with Crippen LogP contribution in [0, 0.1) is 0 Å². The molecule has 114 valence electrons. The minimum absolute atomic E-state index is 0.0284. The minimum atomic E-state index is -2.91. The highest BCUT2D eigenvalue weighted by Crippen LogP contribution is 2.38. The molecule has 0 aliphatic rings. The lowest BCUT2D eigenvalue weighted by Crippen LogP contribution is -2.19. The van der Waals surface area contributed by atoms with E-state index in [-0.39, 0.29) is 11.8 Å². The maximum Gasteiger partial charge on any atom is 0.387 e. The summed E-state index contributed by atoms with van der Waals surface area (Å²) < 4.78 is 35.2. The summed E-state index contributed by atoms with van der Waals surface area (Å²) in [5.41, 5.74) is 0.397. The summed E-state index contributed by atoms with van der Waals surface area (Å²) in [7, 11) is 0. The van der Waals surface area contributed by atoms with Gasteiger partial charge in [-0.1, -0.05) is 11.6 Å². The van der Waals surface area contributed by atoms with Crippen LogP contribution >= 0.6 is 27.5 Å². The van der Waals surface area contributed by atoms with Crippen molar-refractivity contribution in [1.29, 1.82) is 0 Å². The maximum atomic E-state index is 12.5. The lowest BCUT2D eigenvalue weighted by molar-refractivity contribution is -0.0498. The van der Waals surface area contributed by atoms with Crippen molar-refractivity contribution in [2.24, 2.45) is 0 Å². The molecule has 1 aromatic heterocycles. The molecule has 1 N–H and O–H groups in total. The zero-order valence-electron chi connectivity index (χ0n) is 11.1. The van der Waals surface area contributed by atoms with E-state index in [1.54, 1.807) is 18.4 Å². The van der Waals surface area contributed by atoms with Gasteiger partial charge < -0.3 is 14.5 Å². The summed E-state index contributed by atoms with van der Waals surface area (Å²) in [6.45, 7) is -1.01. The van der Waals surface area contributed by atoms with E-state index in [9.17, 15) is 8.78 Å². The van der Waals surface area contributed by atoms with E-state index in [2.05, 4.69) is 26.0 Å². The van der Waals surface area contributed by atoms with Gasteiger partial charge in [0.1, 0.15) is 5.76 Å². The quantitative estimate of drug-likeness (QED) is 0.734. The van der Waals surface area contributed by atoms with Gasteiger partial charge in [0.25, 0.3) is 0 Å². The number of rotatable bonds is 6. The standard InChI is InChI=1S/C14H13BrClF2NO2/c1-8(5-10-3-2-4-20-10)19-12-7-9(16)6-11(15)13(12)21-14(17)18/h2-4,6-8,14,19H,5H2,1H3. The molecule has 0 fully saturated rings. The third kappa shape index (κ3) is 4.61. The van der Waals surface area contributed by atoms with Crippen LogP contribution in [0.25, 0.3) is 0 Å². The first kappa shape index (κ1) is 16.1. The zero-order chi connectivity index (χ0) is 15.4. The summed E-state index contributed by atoms with van der Waals surface area (Å²) in [4.78, 5) is 0. The molecule has 0 spiro atoms. The van der Waals surface area contributed by atoms with Crippen LogP contribution < -0.4 is 10.1 Å². The molecule has 0 aliphatic heterocycles. The largest absolute Gasteiger partial charge is 0.469 e. The van der Waals surface area contributed by atoms with Crippen molar-refractivity contribution in [1.82, 2.24) is 0 Å². The normalized spacial score (nSPS) is 12.5. The monoisotopic (exact) mass is 379 g/mol. The number of anilines is 1. The predicted octanol–water partition coefficient (Wildman–Crippen LogP) is 5.34. The molecule has 0 aliphatic carbocycles. The highest BCUT2D eigenvalue weighted by molar-refractivity contribution is 9.10. The third-order valence-corrected chi connectivity index (χ3v) is 3.51. The van der Waals surface area contributed by atoms with Crippen molar-refractivity contribution in [3.05, 3.63) is 45.8 Å². The van der Waals surface area contributed by atoms with E-state index in [1.807, 2.05) is 13.0 Å². The van der Waals surface area contributed by atoms with Gasteiger partial charge in [0.15, 0.2) is 5.75 Å². The van der Waals surface area contributed by atoms with Gasteiger partial charge in [0.05, 0.1) is 16.4 Å². The molecule has 2 aromatic rings. The van der Waals surface area contributed by atoms with E-state index in [4.69, 9.17) is 16.0 Å². The summed E-state index contributed by atoms with van der Waals surface area (Å²) in [6.07, 6.45) is 2.19. The van der Waals surface area contributed by atoms with Gasteiger partial charge in [-0.3, -0.25) is 0 Å². The van der Waals surface area contributed by atoms with E-state index in [1.165, 1.54) is 6.07 Å². The van der Waals surface area contributed by atoms with Gasteiger partial charge in [-0.05, 0) is 47.1 Å².